The zero-order valence-corrected chi connectivity index (χ0v) is 9.19. The second-order valence-electron chi connectivity index (χ2n) is 4.25. The first-order chi connectivity index (χ1) is 7.22. The summed E-state index contributed by atoms with van der Waals surface area (Å²) in [7, 11) is 1.46. The number of ether oxygens (including phenoxy) is 1. The highest BCUT2D eigenvalue weighted by molar-refractivity contribution is 5.78. The largest absolute Gasteiger partial charge is 0.469 e. The Morgan fingerprint density at radius 2 is 1.93 bits per heavy atom. The maximum absolute atomic E-state index is 11.7. The summed E-state index contributed by atoms with van der Waals surface area (Å²) in [5.41, 5.74) is 2.31. The number of carbonyl (C=O) groups excluding carboxylic acids is 1. The number of rotatable bonds is 3. The van der Waals surface area contributed by atoms with E-state index < -0.39 is 0 Å². The third-order valence-corrected chi connectivity index (χ3v) is 2.98. The first-order valence-corrected chi connectivity index (χ1v) is 5.37. The fourth-order valence-electron chi connectivity index (χ4n) is 1.93. The fourth-order valence-corrected chi connectivity index (χ4v) is 1.93. The molecule has 0 saturated heterocycles. The molecular weight excluding hydrogens is 188 g/mol. The number of hydrogen-bond donors (Lipinski definition) is 0. The molecule has 80 valence electrons. The van der Waals surface area contributed by atoms with Crippen LogP contribution in [-0.2, 0) is 9.53 Å². The lowest BCUT2D eigenvalue weighted by molar-refractivity contribution is -0.143. The van der Waals surface area contributed by atoms with E-state index in [0.717, 1.165) is 18.4 Å². The van der Waals surface area contributed by atoms with Gasteiger partial charge in [-0.15, -0.1) is 0 Å². The second-order valence-corrected chi connectivity index (χ2v) is 4.25. The molecule has 1 fully saturated rings. The highest BCUT2D eigenvalue weighted by atomic mass is 16.5. The molecule has 1 saturated carbocycles. The first-order valence-electron chi connectivity index (χ1n) is 5.37. The second kappa shape index (κ2) is 4.05. The van der Waals surface area contributed by atoms with Crippen LogP contribution in [0.25, 0.3) is 0 Å². The molecule has 1 atom stereocenters. The van der Waals surface area contributed by atoms with Crippen molar-refractivity contribution >= 4 is 5.97 Å². The summed E-state index contributed by atoms with van der Waals surface area (Å²) in [5, 5.41) is 0. The molecule has 15 heavy (non-hydrogen) atoms. The van der Waals surface area contributed by atoms with Gasteiger partial charge in [-0.2, -0.15) is 0 Å². The van der Waals surface area contributed by atoms with Crippen molar-refractivity contribution in [1.82, 2.24) is 0 Å². The Morgan fingerprint density at radius 1 is 1.33 bits per heavy atom. The monoisotopic (exact) mass is 204 g/mol. The summed E-state index contributed by atoms with van der Waals surface area (Å²) < 4.78 is 4.86. The van der Waals surface area contributed by atoms with Crippen LogP contribution in [0.3, 0.4) is 0 Å². The van der Waals surface area contributed by atoms with Crippen LogP contribution in [0.15, 0.2) is 24.3 Å². The fraction of sp³-hybridized carbons (Fsp3) is 0.462. The SMILES string of the molecule is COC(=O)C(c1ccc(C)cc1)C1CC1. The normalized spacial score (nSPS) is 17.2. The lowest BCUT2D eigenvalue weighted by atomic mass is 9.94. The van der Waals surface area contributed by atoms with Crippen LogP contribution in [0.2, 0.25) is 0 Å². The van der Waals surface area contributed by atoms with Gasteiger partial charge in [-0.05, 0) is 31.2 Å². The van der Waals surface area contributed by atoms with E-state index in [9.17, 15) is 4.79 Å². The van der Waals surface area contributed by atoms with Crippen LogP contribution in [0, 0.1) is 12.8 Å². The minimum atomic E-state index is -0.0960. The van der Waals surface area contributed by atoms with Crippen molar-refractivity contribution in [2.45, 2.75) is 25.7 Å². The summed E-state index contributed by atoms with van der Waals surface area (Å²) in [6, 6.07) is 8.17. The van der Waals surface area contributed by atoms with Gasteiger partial charge in [-0.3, -0.25) is 4.79 Å². The Hall–Kier alpha value is -1.31. The Labute approximate surface area is 90.3 Å². The number of benzene rings is 1. The van der Waals surface area contributed by atoms with E-state index in [1.165, 1.54) is 12.7 Å². The summed E-state index contributed by atoms with van der Waals surface area (Å²) in [6.07, 6.45) is 2.29. The zero-order valence-electron chi connectivity index (χ0n) is 9.19. The average Bonchev–Trinajstić information content (AvgIpc) is 3.05. The van der Waals surface area contributed by atoms with Gasteiger partial charge in [0.15, 0.2) is 0 Å². The van der Waals surface area contributed by atoms with Crippen LogP contribution in [0.1, 0.15) is 29.9 Å². The van der Waals surface area contributed by atoms with Gasteiger partial charge < -0.3 is 4.74 Å². The molecule has 1 aromatic rings. The predicted molar refractivity (Wildman–Crippen MR) is 58.7 cm³/mol. The standard InChI is InChI=1S/C13H16O2/c1-9-3-5-10(6-4-9)12(11-7-8-11)13(14)15-2/h3-6,11-12H,7-8H2,1-2H3. The lowest BCUT2D eigenvalue weighted by Gasteiger charge is -2.14. The minimum absolute atomic E-state index is 0.0457. The van der Waals surface area contributed by atoms with Gasteiger partial charge in [0.25, 0.3) is 0 Å². The minimum Gasteiger partial charge on any atom is -0.469 e. The van der Waals surface area contributed by atoms with Crippen molar-refractivity contribution in [2.24, 2.45) is 5.92 Å². The third-order valence-electron chi connectivity index (χ3n) is 2.98. The van der Waals surface area contributed by atoms with Crippen molar-refractivity contribution in [1.29, 1.82) is 0 Å². The molecule has 2 rings (SSSR count). The zero-order chi connectivity index (χ0) is 10.8. The molecule has 1 aliphatic rings. The molecule has 0 aliphatic heterocycles. The molecule has 0 heterocycles. The van der Waals surface area contributed by atoms with Crippen molar-refractivity contribution in [3.8, 4) is 0 Å². The maximum atomic E-state index is 11.7. The van der Waals surface area contributed by atoms with Gasteiger partial charge in [0.05, 0.1) is 13.0 Å². The highest BCUT2D eigenvalue weighted by Crippen LogP contribution is 2.43. The Kier molecular flexibility index (Phi) is 2.76. The topological polar surface area (TPSA) is 26.3 Å². The Morgan fingerprint density at radius 3 is 2.40 bits per heavy atom. The summed E-state index contributed by atoms with van der Waals surface area (Å²) in [4.78, 5) is 11.7. The van der Waals surface area contributed by atoms with Crippen molar-refractivity contribution in [3.05, 3.63) is 35.4 Å². The van der Waals surface area contributed by atoms with E-state index in [1.54, 1.807) is 0 Å². The van der Waals surface area contributed by atoms with Gasteiger partial charge >= 0.3 is 5.97 Å². The predicted octanol–water partition coefficient (Wildman–Crippen LogP) is 2.66. The van der Waals surface area contributed by atoms with Crippen LogP contribution in [0.4, 0.5) is 0 Å². The van der Waals surface area contributed by atoms with Crippen molar-refractivity contribution in [2.75, 3.05) is 7.11 Å². The first kappa shape index (κ1) is 10.2. The summed E-state index contributed by atoms with van der Waals surface area (Å²) >= 11 is 0. The van der Waals surface area contributed by atoms with Crippen molar-refractivity contribution in [3.63, 3.8) is 0 Å². The lowest BCUT2D eigenvalue weighted by Crippen LogP contribution is -2.16. The summed E-state index contributed by atoms with van der Waals surface area (Å²) in [5.74, 6) is 0.358. The highest BCUT2D eigenvalue weighted by Gasteiger charge is 2.37. The molecule has 0 bridgehead atoms. The van der Waals surface area contributed by atoms with E-state index in [-0.39, 0.29) is 11.9 Å². The van der Waals surface area contributed by atoms with E-state index in [0.29, 0.717) is 5.92 Å². The smallest absolute Gasteiger partial charge is 0.313 e. The number of carbonyl (C=O) groups is 1. The molecule has 0 spiro atoms. The molecule has 2 nitrogen and oxygen atoms in total. The molecule has 0 amide bonds. The number of hydrogen-bond acceptors (Lipinski definition) is 2. The van der Waals surface area contributed by atoms with Gasteiger partial charge in [-0.25, -0.2) is 0 Å². The Bertz CT molecular complexity index is 349. The third kappa shape index (κ3) is 2.20. The van der Waals surface area contributed by atoms with E-state index in [1.807, 2.05) is 31.2 Å². The molecule has 0 aromatic heterocycles. The van der Waals surface area contributed by atoms with Gasteiger partial charge in [0.1, 0.15) is 0 Å². The van der Waals surface area contributed by atoms with Gasteiger partial charge in [-0.1, -0.05) is 29.8 Å². The van der Waals surface area contributed by atoms with Crippen LogP contribution >= 0.6 is 0 Å². The maximum Gasteiger partial charge on any atom is 0.313 e. The quantitative estimate of drug-likeness (QED) is 0.707. The van der Waals surface area contributed by atoms with Crippen LogP contribution in [-0.4, -0.2) is 13.1 Å². The van der Waals surface area contributed by atoms with Crippen LogP contribution < -0.4 is 0 Å². The molecular formula is C13H16O2. The molecule has 1 unspecified atom stereocenters. The van der Waals surface area contributed by atoms with E-state index >= 15 is 0 Å². The molecule has 0 radical (unpaired) electrons. The number of methoxy groups -OCH3 is 1. The molecule has 1 aromatic carbocycles. The van der Waals surface area contributed by atoms with Gasteiger partial charge in [0.2, 0.25) is 0 Å². The average molecular weight is 204 g/mol. The molecule has 2 heteroatoms. The number of esters is 1. The molecule has 1 aliphatic carbocycles. The Balaban J connectivity index is 2.24. The van der Waals surface area contributed by atoms with E-state index in [2.05, 4.69) is 0 Å². The van der Waals surface area contributed by atoms with Gasteiger partial charge in [0, 0.05) is 0 Å². The van der Waals surface area contributed by atoms with Crippen molar-refractivity contribution < 1.29 is 9.53 Å². The molecule has 0 N–H and O–H groups in total. The number of aryl methyl sites for hydroxylation is 1. The summed E-state index contributed by atoms with van der Waals surface area (Å²) in [6.45, 7) is 2.05. The van der Waals surface area contributed by atoms with Crippen LogP contribution in [0.5, 0.6) is 0 Å². The van der Waals surface area contributed by atoms with E-state index in [4.69, 9.17) is 4.74 Å².